The average molecular weight is 182 g/mol. The molecule has 1 saturated heterocycles. The second-order valence-corrected chi connectivity index (χ2v) is 4.55. The molecular formula is C11H18O2. The van der Waals surface area contributed by atoms with Gasteiger partial charge in [-0.1, -0.05) is 6.92 Å². The molecule has 0 amide bonds. The molecule has 1 aliphatic carbocycles. The van der Waals surface area contributed by atoms with E-state index in [2.05, 4.69) is 6.92 Å². The van der Waals surface area contributed by atoms with Crippen LogP contribution in [0.4, 0.5) is 0 Å². The molecule has 2 heteroatoms. The van der Waals surface area contributed by atoms with Crippen LogP contribution in [0.2, 0.25) is 0 Å². The molecule has 2 aliphatic rings. The van der Waals surface area contributed by atoms with Gasteiger partial charge in [0, 0.05) is 25.6 Å². The molecule has 0 aromatic rings. The van der Waals surface area contributed by atoms with Crippen molar-refractivity contribution < 1.29 is 9.53 Å². The van der Waals surface area contributed by atoms with Crippen molar-refractivity contribution in [1.29, 1.82) is 0 Å². The highest BCUT2D eigenvalue weighted by atomic mass is 16.5. The number of rotatable bonds is 3. The highest BCUT2D eigenvalue weighted by molar-refractivity contribution is 5.83. The standard InChI is InChI=1S/C11H18O2/c1-8-6-10(8)11(12)7-9-2-4-13-5-3-9/h8-10H,2-7H2,1H3. The lowest BCUT2D eigenvalue weighted by Crippen LogP contribution is -2.19. The summed E-state index contributed by atoms with van der Waals surface area (Å²) in [5.74, 6) is 2.23. The normalized spacial score (nSPS) is 34.5. The summed E-state index contributed by atoms with van der Waals surface area (Å²) in [7, 11) is 0. The molecule has 2 unspecified atom stereocenters. The quantitative estimate of drug-likeness (QED) is 0.667. The van der Waals surface area contributed by atoms with Crippen LogP contribution in [-0.4, -0.2) is 19.0 Å². The van der Waals surface area contributed by atoms with Gasteiger partial charge in [-0.05, 0) is 31.1 Å². The van der Waals surface area contributed by atoms with Gasteiger partial charge in [0.15, 0.2) is 0 Å². The summed E-state index contributed by atoms with van der Waals surface area (Å²) in [6.07, 6.45) is 4.14. The van der Waals surface area contributed by atoms with Crippen molar-refractivity contribution in [2.24, 2.45) is 17.8 Å². The Hall–Kier alpha value is -0.370. The third kappa shape index (κ3) is 2.31. The van der Waals surface area contributed by atoms with E-state index in [1.54, 1.807) is 0 Å². The summed E-state index contributed by atoms with van der Waals surface area (Å²) in [5, 5.41) is 0. The van der Waals surface area contributed by atoms with E-state index < -0.39 is 0 Å². The molecule has 2 nitrogen and oxygen atoms in total. The van der Waals surface area contributed by atoms with E-state index in [0.29, 0.717) is 23.5 Å². The maximum atomic E-state index is 11.6. The van der Waals surface area contributed by atoms with E-state index in [1.165, 1.54) is 0 Å². The van der Waals surface area contributed by atoms with Gasteiger partial charge < -0.3 is 4.74 Å². The third-order valence-corrected chi connectivity index (χ3v) is 3.35. The third-order valence-electron chi connectivity index (χ3n) is 3.35. The van der Waals surface area contributed by atoms with Crippen LogP contribution in [-0.2, 0) is 9.53 Å². The zero-order chi connectivity index (χ0) is 9.26. The predicted molar refractivity (Wildman–Crippen MR) is 50.4 cm³/mol. The molecule has 2 rings (SSSR count). The molecule has 13 heavy (non-hydrogen) atoms. The first kappa shape index (κ1) is 9.20. The van der Waals surface area contributed by atoms with E-state index in [0.717, 1.165) is 38.9 Å². The largest absolute Gasteiger partial charge is 0.381 e. The van der Waals surface area contributed by atoms with Gasteiger partial charge in [0.1, 0.15) is 5.78 Å². The van der Waals surface area contributed by atoms with Gasteiger partial charge >= 0.3 is 0 Å². The monoisotopic (exact) mass is 182 g/mol. The van der Waals surface area contributed by atoms with Crippen LogP contribution in [0.25, 0.3) is 0 Å². The van der Waals surface area contributed by atoms with E-state index >= 15 is 0 Å². The van der Waals surface area contributed by atoms with Crippen LogP contribution >= 0.6 is 0 Å². The van der Waals surface area contributed by atoms with E-state index in [9.17, 15) is 4.79 Å². The first-order chi connectivity index (χ1) is 6.27. The smallest absolute Gasteiger partial charge is 0.136 e. The van der Waals surface area contributed by atoms with Gasteiger partial charge in [0.25, 0.3) is 0 Å². The Kier molecular flexibility index (Phi) is 2.68. The molecule has 2 fully saturated rings. The molecule has 0 bridgehead atoms. The minimum absolute atomic E-state index is 0.419. The first-order valence-corrected chi connectivity index (χ1v) is 5.38. The topological polar surface area (TPSA) is 26.3 Å². The van der Waals surface area contributed by atoms with Gasteiger partial charge in [-0.25, -0.2) is 0 Å². The number of carbonyl (C=O) groups excluding carboxylic acids is 1. The molecule has 0 N–H and O–H groups in total. The van der Waals surface area contributed by atoms with Crippen molar-refractivity contribution in [2.75, 3.05) is 13.2 Å². The zero-order valence-electron chi connectivity index (χ0n) is 8.29. The zero-order valence-corrected chi connectivity index (χ0v) is 8.29. The summed E-state index contributed by atoms with van der Waals surface area (Å²) in [5.41, 5.74) is 0. The number of hydrogen-bond acceptors (Lipinski definition) is 2. The maximum Gasteiger partial charge on any atom is 0.136 e. The lowest BCUT2D eigenvalue weighted by molar-refractivity contribution is -0.122. The molecule has 0 aromatic carbocycles. The molecule has 1 heterocycles. The van der Waals surface area contributed by atoms with Crippen LogP contribution in [0.1, 0.15) is 32.6 Å². The summed E-state index contributed by atoms with van der Waals surface area (Å²) in [6, 6.07) is 0. The molecular weight excluding hydrogens is 164 g/mol. The molecule has 0 aromatic heterocycles. The van der Waals surface area contributed by atoms with Gasteiger partial charge in [-0.15, -0.1) is 0 Å². The summed E-state index contributed by atoms with van der Waals surface area (Å²) in [6.45, 7) is 3.89. The fourth-order valence-corrected chi connectivity index (χ4v) is 2.16. The van der Waals surface area contributed by atoms with E-state index in [-0.39, 0.29) is 0 Å². The second kappa shape index (κ2) is 3.79. The summed E-state index contributed by atoms with van der Waals surface area (Å²) < 4.78 is 5.27. The van der Waals surface area contributed by atoms with E-state index in [1.807, 2.05) is 0 Å². The fraction of sp³-hybridized carbons (Fsp3) is 0.909. The Labute approximate surface area is 79.7 Å². The lowest BCUT2D eigenvalue weighted by Gasteiger charge is -2.21. The van der Waals surface area contributed by atoms with Crippen LogP contribution in [0.5, 0.6) is 0 Å². The van der Waals surface area contributed by atoms with Crippen molar-refractivity contribution in [1.82, 2.24) is 0 Å². The van der Waals surface area contributed by atoms with Gasteiger partial charge in [-0.3, -0.25) is 4.79 Å². The van der Waals surface area contributed by atoms with Crippen LogP contribution < -0.4 is 0 Å². The number of Topliss-reactive ketones (excluding diaryl/α,β-unsaturated/α-hetero) is 1. The predicted octanol–water partition coefficient (Wildman–Crippen LogP) is 2.03. The number of ether oxygens (including phenoxy) is 1. The lowest BCUT2D eigenvalue weighted by atomic mass is 9.93. The second-order valence-electron chi connectivity index (χ2n) is 4.55. The fourth-order valence-electron chi connectivity index (χ4n) is 2.16. The Morgan fingerprint density at radius 2 is 2.00 bits per heavy atom. The highest BCUT2D eigenvalue weighted by Crippen LogP contribution is 2.40. The highest BCUT2D eigenvalue weighted by Gasteiger charge is 2.39. The Morgan fingerprint density at radius 1 is 1.38 bits per heavy atom. The molecule has 1 saturated carbocycles. The van der Waals surface area contributed by atoms with Crippen LogP contribution in [0, 0.1) is 17.8 Å². The number of carbonyl (C=O) groups is 1. The maximum absolute atomic E-state index is 11.6. The summed E-state index contributed by atoms with van der Waals surface area (Å²) in [4.78, 5) is 11.6. The first-order valence-electron chi connectivity index (χ1n) is 5.38. The Balaban J connectivity index is 1.73. The Bertz CT molecular complexity index is 194. The van der Waals surface area contributed by atoms with Gasteiger partial charge in [0.05, 0.1) is 0 Å². The average Bonchev–Trinajstić information content (AvgIpc) is 2.84. The van der Waals surface area contributed by atoms with Crippen molar-refractivity contribution >= 4 is 5.78 Å². The van der Waals surface area contributed by atoms with Gasteiger partial charge in [-0.2, -0.15) is 0 Å². The van der Waals surface area contributed by atoms with Crippen LogP contribution in [0.3, 0.4) is 0 Å². The molecule has 0 radical (unpaired) electrons. The van der Waals surface area contributed by atoms with Crippen molar-refractivity contribution in [3.8, 4) is 0 Å². The SMILES string of the molecule is CC1CC1C(=O)CC1CCOCC1. The molecule has 2 atom stereocenters. The van der Waals surface area contributed by atoms with E-state index in [4.69, 9.17) is 4.74 Å². The van der Waals surface area contributed by atoms with Crippen LogP contribution in [0.15, 0.2) is 0 Å². The van der Waals surface area contributed by atoms with Crippen molar-refractivity contribution in [2.45, 2.75) is 32.6 Å². The molecule has 1 aliphatic heterocycles. The van der Waals surface area contributed by atoms with Gasteiger partial charge in [0.2, 0.25) is 0 Å². The number of ketones is 1. The molecule has 74 valence electrons. The van der Waals surface area contributed by atoms with Crippen molar-refractivity contribution in [3.05, 3.63) is 0 Å². The van der Waals surface area contributed by atoms with Crippen molar-refractivity contribution in [3.63, 3.8) is 0 Å². The minimum atomic E-state index is 0.419. The minimum Gasteiger partial charge on any atom is -0.381 e. The number of hydrogen-bond donors (Lipinski definition) is 0. The summed E-state index contributed by atoms with van der Waals surface area (Å²) >= 11 is 0. The molecule has 0 spiro atoms. The Morgan fingerprint density at radius 3 is 2.54 bits per heavy atom.